The fourth-order valence-corrected chi connectivity index (χ4v) is 3.59. The summed E-state index contributed by atoms with van der Waals surface area (Å²) in [6.45, 7) is 3.05. The first-order valence-electron chi connectivity index (χ1n) is 9.97. The van der Waals surface area contributed by atoms with Crippen molar-refractivity contribution in [1.29, 1.82) is 0 Å². The molecule has 0 unspecified atom stereocenters. The van der Waals surface area contributed by atoms with Crippen molar-refractivity contribution >= 4 is 17.6 Å². The topological polar surface area (TPSA) is 75.6 Å². The molecule has 1 amide bonds. The van der Waals surface area contributed by atoms with Crippen molar-refractivity contribution in [3.8, 4) is 11.1 Å². The first kappa shape index (κ1) is 24.0. The molecule has 0 radical (unpaired) electrons. The number of nitrogens with one attached hydrogen (secondary N) is 1. The van der Waals surface area contributed by atoms with E-state index in [-0.39, 0.29) is 12.2 Å². The molecule has 3 rings (SSSR count). The number of alkyl halides is 3. The van der Waals surface area contributed by atoms with Gasteiger partial charge in [-0.15, -0.1) is 0 Å². The van der Waals surface area contributed by atoms with E-state index in [1.807, 2.05) is 0 Å². The number of carbonyl (C=O) groups is 2. The maximum absolute atomic E-state index is 13.7. The van der Waals surface area contributed by atoms with Gasteiger partial charge in [0.05, 0.1) is 30.4 Å². The Balaban J connectivity index is 2.05. The van der Waals surface area contributed by atoms with Crippen molar-refractivity contribution in [2.24, 2.45) is 0 Å². The van der Waals surface area contributed by atoms with Gasteiger partial charge in [-0.05, 0) is 72.0 Å². The maximum Gasteiger partial charge on any atom is 0.417 e. The highest BCUT2D eigenvalue weighted by Crippen LogP contribution is 2.35. The van der Waals surface area contributed by atoms with Gasteiger partial charge in [-0.2, -0.15) is 13.2 Å². The number of hydrogen-bond donors (Lipinski definition) is 2. The summed E-state index contributed by atoms with van der Waals surface area (Å²) < 4.78 is 45.7. The van der Waals surface area contributed by atoms with Crippen LogP contribution in [0.5, 0.6) is 0 Å². The highest BCUT2D eigenvalue weighted by atomic mass is 19.4. The van der Waals surface area contributed by atoms with Crippen molar-refractivity contribution in [2.75, 3.05) is 12.4 Å². The van der Waals surface area contributed by atoms with Crippen LogP contribution in [0.4, 0.5) is 18.9 Å². The van der Waals surface area contributed by atoms with Gasteiger partial charge in [-0.1, -0.05) is 24.3 Å². The molecule has 0 fully saturated rings. The smallest absolute Gasteiger partial charge is 0.417 e. The summed E-state index contributed by atoms with van der Waals surface area (Å²) in [5.74, 6) is -1.49. The molecule has 2 N–H and O–H groups in total. The Kier molecular flexibility index (Phi) is 6.88. The molecule has 0 heterocycles. The van der Waals surface area contributed by atoms with Gasteiger partial charge in [0.1, 0.15) is 0 Å². The highest BCUT2D eigenvalue weighted by Gasteiger charge is 2.35. The fraction of sp³-hybridized carbons (Fsp3) is 0.200. The Morgan fingerprint density at radius 1 is 0.970 bits per heavy atom. The van der Waals surface area contributed by atoms with Gasteiger partial charge in [0.15, 0.2) is 0 Å². The van der Waals surface area contributed by atoms with E-state index >= 15 is 0 Å². The molecule has 0 bridgehead atoms. The van der Waals surface area contributed by atoms with Crippen molar-refractivity contribution in [2.45, 2.75) is 26.6 Å². The van der Waals surface area contributed by atoms with Gasteiger partial charge >= 0.3 is 12.1 Å². The lowest BCUT2D eigenvalue weighted by molar-refractivity contribution is -0.137. The van der Waals surface area contributed by atoms with Gasteiger partial charge in [0, 0.05) is 5.69 Å². The van der Waals surface area contributed by atoms with Crippen LogP contribution in [0.3, 0.4) is 0 Å². The van der Waals surface area contributed by atoms with Gasteiger partial charge in [0.2, 0.25) is 0 Å². The molecule has 5 nitrogen and oxygen atoms in total. The minimum atomic E-state index is -4.74. The number of benzene rings is 3. The summed E-state index contributed by atoms with van der Waals surface area (Å²) in [6.07, 6.45) is -4.74. The molecule has 0 aliphatic heterocycles. The second-order valence-corrected chi connectivity index (χ2v) is 7.55. The second kappa shape index (κ2) is 9.46. The monoisotopic (exact) mass is 457 g/mol. The normalized spacial score (nSPS) is 11.2. The number of esters is 1. The Labute approximate surface area is 188 Å². The lowest BCUT2D eigenvalue weighted by Crippen LogP contribution is -2.20. The number of amides is 1. The van der Waals surface area contributed by atoms with E-state index in [4.69, 9.17) is 4.74 Å². The van der Waals surface area contributed by atoms with Crippen LogP contribution in [0, 0.1) is 13.8 Å². The molecule has 3 aromatic carbocycles. The number of aliphatic hydroxyl groups is 1. The van der Waals surface area contributed by atoms with Crippen LogP contribution in [0.15, 0.2) is 54.6 Å². The summed E-state index contributed by atoms with van der Waals surface area (Å²) in [5, 5.41) is 11.9. The summed E-state index contributed by atoms with van der Waals surface area (Å²) >= 11 is 0. The largest absolute Gasteiger partial charge is 0.465 e. The van der Waals surface area contributed by atoms with Crippen LogP contribution in [0.2, 0.25) is 0 Å². The number of hydrogen-bond acceptors (Lipinski definition) is 4. The highest BCUT2D eigenvalue weighted by molar-refractivity contribution is 6.07. The van der Waals surface area contributed by atoms with E-state index in [1.165, 1.54) is 31.4 Å². The average molecular weight is 457 g/mol. The van der Waals surface area contributed by atoms with E-state index < -0.39 is 29.2 Å². The van der Waals surface area contributed by atoms with Crippen LogP contribution < -0.4 is 5.32 Å². The lowest BCUT2D eigenvalue weighted by Gasteiger charge is -2.17. The molecule has 0 spiro atoms. The molecule has 3 aromatic rings. The fourth-order valence-electron chi connectivity index (χ4n) is 3.59. The number of halogens is 3. The number of rotatable bonds is 5. The number of carbonyl (C=O) groups excluding carboxylic acids is 2. The molecule has 0 saturated heterocycles. The Morgan fingerprint density at radius 2 is 1.61 bits per heavy atom. The average Bonchev–Trinajstić information content (AvgIpc) is 2.79. The van der Waals surface area contributed by atoms with Crippen molar-refractivity contribution in [3.05, 3.63) is 88.0 Å². The summed E-state index contributed by atoms with van der Waals surface area (Å²) in [4.78, 5) is 24.8. The van der Waals surface area contributed by atoms with E-state index in [9.17, 15) is 27.9 Å². The number of aliphatic hydroxyl groups excluding tert-OH is 1. The first-order chi connectivity index (χ1) is 15.5. The quantitative estimate of drug-likeness (QED) is 0.495. The Hall–Kier alpha value is -3.65. The van der Waals surface area contributed by atoms with E-state index in [2.05, 4.69) is 5.32 Å². The predicted octanol–water partition coefficient (Wildman–Crippen LogP) is 5.52. The van der Waals surface area contributed by atoms with Crippen molar-refractivity contribution in [3.63, 3.8) is 0 Å². The summed E-state index contributed by atoms with van der Waals surface area (Å²) in [6, 6.07) is 13.0. The zero-order chi connectivity index (χ0) is 24.3. The van der Waals surface area contributed by atoms with Gasteiger partial charge < -0.3 is 15.2 Å². The van der Waals surface area contributed by atoms with Crippen LogP contribution >= 0.6 is 0 Å². The number of ether oxygens (including phenoxy) is 1. The minimum Gasteiger partial charge on any atom is -0.465 e. The molecule has 8 heteroatoms. The first-order valence-corrected chi connectivity index (χ1v) is 9.97. The van der Waals surface area contributed by atoms with E-state index in [1.54, 1.807) is 38.1 Å². The zero-order valence-corrected chi connectivity index (χ0v) is 18.2. The van der Waals surface area contributed by atoms with Gasteiger partial charge in [0.25, 0.3) is 5.91 Å². The predicted molar refractivity (Wildman–Crippen MR) is 118 cm³/mol. The molecule has 172 valence electrons. The third kappa shape index (κ3) is 5.23. The molecule has 0 aliphatic carbocycles. The van der Waals surface area contributed by atoms with Crippen molar-refractivity contribution in [1.82, 2.24) is 0 Å². The van der Waals surface area contributed by atoms with Gasteiger partial charge in [-0.3, -0.25) is 4.79 Å². The lowest BCUT2D eigenvalue weighted by atomic mass is 9.96. The van der Waals surface area contributed by atoms with Crippen LogP contribution in [-0.2, 0) is 17.5 Å². The summed E-state index contributed by atoms with van der Waals surface area (Å²) in [7, 11) is 1.24. The Morgan fingerprint density at radius 3 is 2.18 bits per heavy atom. The van der Waals surface area contributed by atoms with Crippen molar-refractivity contribution < 1.29 is 32.6 Å². The van der Waals surface area contributed by atoms with Crippen LogP contribution in [-0.4, -0.2) is 24.1 Å². The SMILES string of the molecule is COC(=O)c1cc(C)c(NC(=O)c2cc(-c3cccc(CO)c3)ccc2C(F)(F)F)c(C)c1. The third-order valence-electron chi connectivity index (χ3n) is 5.20. The molecule has 0 aliphatic rings. The van der Waals surface area contributed by atoms with E-state index in [0.29, 0.717) is 33.5 Å². The molecule has 33 heavy (non-hydrogen) atoms. The second-order valence-electron chi connectivity index (χ2n) is 7.55. The number of aryl methyl sites for hydroxylation is 2. The maximum atomic E-state index is 13.7. The van der Waals surface area contributed by atoms with Crippen LogP contribution in [0.1, 0.15) is 43.0 Å². The standard InChI is InChI=1S/C25H22F3NO4/c1-14-9-19(24(32)33-3)10-15(2)22(14)29-23(31)20-12-18(7-8-21(20)25(26,27)28)17-6-4-5-16(11-17)13-30/h4-12,30H,13H2,1-3H3,(H,29,31). The Bertz CT molecular complexity index is 1200. The number of anilines is 1. The van der Waals surface area contributed by atoms with Crippen LogP contribution in [0.25, 0.3) is 11.1 Å². The number of methoxy groups -OCH3 is 1. The minimum absolute atomic E-state index is 0.220. The molecular weight excluding hydrogens is 435 g/mol. The molecule has 0 atom stereocenters. The third-order valence-corrected chi connectivity index (χ3v) is 5.20. The molecular formula is C25H22F3NO4. The summed E-state index contributed by atoms with van der Waals surface area (Å²) in [5.41, 5.74) is 1.55. The molecule has 0 saturated carbocycles. The zero-order valence-electron chi connectivity index (χ0n) is 18.2. The van der Waals surface area contributed by atoms with E-state index in [0.717, 1.165) is 6.07 Å². The van der Waals surface area contributed by atoms with Gasteiger partial charge in [-0.25, -0.2) is 4.79 Å². The molecule has 0 aromatic heterocycles.